The van der Waals surface area contributed by atoms with Crippen molar-refractivity contribution in [3.05, 3.63) is 52.0 Å². The lowest BCUT2D eigenvalue weighted by molar-refractivity contribution is 0.102. The van der Waals surface area contributed by atoms with Crippen LogP contribution in [0.1, 0.15) is 15.9 Å². The van der Waals surface area contributed by atoms with Gasteiger partial charge in [-0.1, -0.05) is 6.07 Å². The lowest BCUT2D eigenvalue weighted by atomic mass is 10.2. The molecule has 2 rings (SSSR count). The third-order valence-electron chi connectivity index (χ3n) is 3.42. The topological polar surface area (TPSA) is 84.5 Å². The van der Waals surface area contributed by atoms with E-state index in [4.69, 9.17) is 4.74 Å². The maximum atomic E-state index is 12.3. The first-order valence-corrected chi connectivity index (χ1v) is 9.25. The highest BCUT2D eigenvalue weighted by atomic mass is 79.9. The van der Waals surface area contributed by atoms with Crippen molar-refractivity contribution in [3.63, 3.8) is 0 Å². The molecule has 0 heterocycles. The SMILES string of the molecule is CNS(=O)(=O)c1cc(NC(=O)c2ccc(OC)c(Br)c2)ccc1C. The highest BCUT2D eigenvalue weighted by molar-refractivity contribution is 9.10. The molecule has 2 aromatic rings. The smallest absolute Gasteiger partial charge is 0.255 e. The number of rotatable bonds is 5. The number of ether oxygens (including phenoxy) is 1. The predicted octanol–water partition coefficient (Wildman–Crippen LogP) is 2.93. The van der Waals surface area contributed by atoms with Crippen LogP contribution < -0.4 is 14.8 Å². The summed E-state index contributed by atoms with van der Waals surface area (Å²) in [4.78, 5) is 12.5. The number of amides is 1. The summed E-state index contributed by atoms with van der Waals surface area (Å²) in [5.41, 5.74) is 1.40. The number of aryl methyl sites for hydroxylation is 1. The average molecular weight is 413 g/mol. The first-order valence-electron chi connectivity index (χ1n) is 6.97. The molecule has 6 nitrogen and oxygen atoms in total. The van der Waals surface area contributed by atoms with Crippen LogP contribution in [0.25, 0.3) is 0 Å². The van der Waals surface area contributed by atoms with Crippen molar-refractivity contribution in [1.29, 1.82) is 0 Å². The van der Waals surface area contributed by atoms with E-state index in [1.54, 1.807) is 37.3 Å². The molecular formula is C16H17BrN2O4S. The van der Waals surface area contributed by atoms with Gasteiger partial charge in [0.25, 0.3) is 5.91 Å². The van der Waals surface area contributed by atoms with Crippen LogP contribution in [0.4, 0.5) is 5.69 Å². The number of hydrogen-bond acceptors (Lipinski definition) is 4. The van der Waals surface area contributed by atoms with Gasteiger partial charge in [-0.15, -0.1) is 0 Å². The van der Waals surface area contributed by atoms with Crippen molar-refractivity contribution in [2.75, 3.05) is 19.5 Å². The van der Waals surface area contributed by atoms with E-state index in [1.807, 2.05) is 0 Å². The molecule has 2 N–H and O–H groups in total. The number of halogens is 1. The van der Waals surface area contributed by atoms with Gasteiger partial charge in [-0.05, 0) is 65.8 Å². The summed E-state index contributed by atoms with van der Waals surface area (Å²) in [5, 5.41) is 2.69. The average Bonchev–Trinajstić information content (AvgIpc) is 2.56. The number of carbonyl (C=O) groups excluding carboxylic acids is 1. The summed E-state index contributed by atoms with van der Waals surface area (Å²) in [7, 11) is -0.713. The quantitative estimate of drug-likeness (QED) is 0.790. The largest absolute Gasteiger partial charge is 0.496 e. The molecule has 0 aliphatic heterocycles. The van der Waals surface area contributed by atoms with Gasteiger partial charge in [0.05, 0.1) is 16.5 Å². The molecule has 2 aromatic carbocycles. The molecule has 0 fully saturated rings. The molecule has 0 spiro atoms. The maximum Gasteiger partial charge on any atom is 0.255 e. The number of methoxy groups -OCH3 is 1. The van der Waals surface area contributed by atoms with Gasteiger partial charge in [-0.25, -0.2) is 13.1 Å². The second kappa shape index (κ2) is 7.33. The molecule has 1 amide bonds. The van der Waals surface area contributed by atoms with Crippen LogP contribution in [0.3, 0.4) is 0 Å². The Hall–Kier alpha value is -1.90. The molecule has 0 aromatic heterocycles. The second-order valence-electron chi connectivity index (χ2n) is 4.99. The molecule has 0 saturated heterocycles. The minimum Gasteiger partial charge on any atom is -0.496 e. The van der Waals surface area contributed by atoms with Crippen LogP contribution in [0.15, 0.2) is 45.8 Å². The van der Waals surface area contributed by atoms with Crippen molar-refractivity contribution < 1.29 is 17.9 Å². The molecule has 0 saturated carbocycles. The molecule has 0 unspecified atom stereocenters. The number of carbonyl (C=O) groups is 1. The molecule has 0 radical (unpaired) electrons. The van der Waals surface area contributed by atoms with Crippen LogP contribution in [0.2, 0.25) is 0 Å². The van der Waals surface area contributed by atoms with Crippen molar-refractivity contribution in [2.24, 2.45) is 0 Å². The Morgan fingerprint density at radius 3 is 2.46 bits per heavy atom. The molecular weight excluding hydrogens is 396 g/mol. The van der Waals surface area contributed by atoms with Crippen molar-refractivity contribution in [1.82, 2.24) is 4.72 Å². The molecule has 24 heavy (non-hydrogen) atoms. The van der Waals surface area contributed by atoms with E-state index in [-0.39, 0.29) is 10.8 Å². The fraction of sp³-hybridized carbons (Fsp3) is 0.188. The highest BCUT2D eigenvalue weighted by Gasteiger charge is 2.16. The summed E-state index contributed by atoms with van der Waals surface area (Å²) in [6.07, 6.45) is 0. The van der Waals surface area contributed by atoms with E-state index in [0.29, 0.717) is 27.0 Å². The first-order chi connectivity index (χ1) is 11.3. The molecule has 0 aliphatic rings. The lowest BCUT2D eigenvalue weighted by Gasteiger charge is -2.11. The number of nitrogens with one attached hydrogen (secondary N) is 2. The summed E-state index contributed by atoms with van der Waals surface area (Å²) < 4.78 is 32.0. The van der Waals surface area contributed by atoms with Gasteiger partial charge in [0, 0.05) is 11.3 Å². The summed E-state index contributed by atoms with van der Waals surface area (Å²) in [6.45, 7) is 1.69. The molecule has 8 heteroatoms. The Balaban J connectivity index is 2.30. The Morgan fingerprint density at radius 2 is 1.88 bits per heavy atom. The maximum absolute atomic E-state index is 12.3. The number of hydrogen-bond donors (Lipinski definition) is 2. The molecule has 0 atom stereocenters. The van der Waals surface area contributed by atoms with Gasteiger partial charge in [0.15, 0.2) is 0 Å². The zero-order valence-electron chi connectivity index (χ0n) is 13.4. The zero-order chi connectivity index (χ0) is 17.9. The van der Waals surface area contributed by atoms with Gasteiger partial charge in [-0.2, -0.15) is 0 Å². The van der Waals surface area contributed by atoms with Gasteiger partial charge in [-0.3, -0.25) is 4.79 Å². The highest BCUT2D eigenvalue weighted by Crippen LogP contribution is 2.26. The number of anilines is 1. The fourth-order valence-corrected chi connectivity index (χ4v) is 3.62. The van der Waals surface area contributed by atoms with Crippen LogP contribution in [-0.2, 0) is 10.0 Å². The molecule has 0 aliphatic carbocycles. The number of sulfonamides is 1. The first kappa shape index (κ1) is 18.4. The van der Waals surface area contributed by atoms with Crippen LogP contribution in [-0.4, -0.2) is 28.5 Å². The van der Waals surface area contributed by atoms with Crippen LogP contribution >= 0.6 is 15.9 Å². The Kier molecular flexibility index (Phi) is 5.63. The van der Waals surface area contributed by atoms with Crippen LogP contribution in [0, 0.1) is 6.92 Å². The van der Waals surface area contributed by atoms with Crippen LogP contribution in [0.5, 0.6) is 5.75 Å². The van der Waals surface area contributed by atoms with Crippen molar-refractivity contribution in [3.8, 4) is 5.75 Å². The lowest BCUT2D eigenvalue weighted by Crippen LogP contribution is -2.20. The molecule has 0 bridgehead atoms. The van der Waals surface area contributed by atoms with Crippen molar-refractivity contribution in [2.45, 2.75) is 11.8 Å². The van der Waals surface area contributed by atoms with E-state index in [1.165, 1.54) is 20.2 Å². The monoisotopic (exact) mass is 412 g/mol. The van der Waals surface area contributed by atoms with E-state index in [9.17, 15) is 13.2 Å². The minimum absolute atomic E-state index is 0.124. The number of benzene rings is 2. The van der Waals surface area contributed by atoms with Gasteiger partial charge < -0.3 is 10.1 Å². The van der Waals surface area contributed by atoms with E-state index in [2.05, 4.69) is 26.0 Å². The second-order valence-corrected chi connectivity index (χ2v) is 7.70. The minimum atomic E-state index is -3.59. The fourth-order valence-electron chi connectivity index (χ4n) is 2.09. The van der Waals surface area contributed by atoms with E-state index >= 15 is 0 Å². The van der Waals surface area contributed by atoms with Gasteiger partial charge in [0.2, 0.25) is 10.0 Å². The van der Waals surface area contributed by atoms with Gasteiger partial charge >= 0.3 is 0 Å². The Labute approximate surface area is 149 Å². The summed E-state index contributed by atoms with van der Waals surface area (Å²) in [6, 6.07) is 9.65. The Morgan fingerprint density at radius 1 is 1.17 bits per heavy atom. The van der Waals surface area contributed by atoms with E-state index in [0.717, 1.165) is 0 Å². The predicted molar refractivity (Wildman–Crippen MR) is 96.1 cm³/mol. The third-order valence-corrected chi connectivity index (χ3v) is 5.59. The standard InChI is InChI=1S/C16H17BrN2O4S/c1-10-4-6-12(9-15(10)24(21,22)18-2)19-16(20)11-5-7-14(23-3)13(17)8-11/h4-9,18H,1-3H3,(H,19,20). The Bertz CT molecular complexity index is 882. The summed E-state index contributed by atoms with van der Waals surface area (Å²) in [5.74, 6) is 0.263. The zero-order valence-corrected chi connectivity index (χ0v) is 15.8. The normalized spacial score (nSPS) is 11.2. The summed E-state index contributed by atoms with van der Waals surface area (Å²) >= 11 is 3.33. The van der Waals surface area contributed by atoms with E-state index < -0.39 is 10.0 Å². The third kappa shape index (κ3) is 3.95. The van der Waals surface area contributed by atoms with Gasteiger partial charge in [0.1, 0.15) is 5.75 Å². The molecule has 128 valence electrons. The van der Waals surface area contributed by atoms with Crippen molar-refractivity contribution >= 4 is 37.5 Å².